The van der Waals surface area contributed by atoms with Gasteiger partial charge in [0.15, 0.2) is 23.3 Å². The van der Waals surface area contributed by atoms with E-state index in [0.29, 0.717) is 43.1 Å². The Morgan fingerprint density at radius 1 is 0.825 bits per heavy atom. The molecule has 3 aromatic rings. The standard InChI is InChI=1S/C34H38F4O2/c1-3-5-7-8-9-23-10-19-30(40-21-23)29-18-17-28(33(37)34(29)38)25-13-11-24(12-14-25)27-16-15-26(31(35)32(27)36)22-39-20-6-4-2/h4,11-18,23,30H,2-3,5-10,19-22H2,1H3. The van der Waals surface area contributed by atoms with Gasteiger partial charge in [0.05, 0.1) is 25.9 Å². The molecule has 0 saturated carbocycles. The summed E-state index contributed by atoms with van der Waals surface area (Å²) < 4.78 is 71.1. The monoisotopic (exact) mass is 554 g/mol. The number of hydrogen-bond acceptors (Lipinski definition) is 2. The fourth-order valence-electron chi connectivity index (χ4n) is 5.28. The van der Waals surface area contributed by atoms with Crippen LogP contribution in [0, 0.1) is 29.2 Å². The van der Waals surface area contributed by atoms with Crippen molar-refractivity contribution in [1.29, 1.82) is 0 Å². The summed E-state index contributed by atoms with van der Waals surface area (Å²) in [6.07, 6.45) is 9.44. The molecule has 1 aliphatic heterocycles. The fourth-order valence-corrected chi connectivity index (χ4v) is 5.28. The Labute approximate surface area is 235 Å². The molecule has 2 nitrogen and oxygen atoms in total. The van der Waals surface area contributed by atoms with E-state index in [-0.39, 0.29) is 28.9 Å². The van der Waals surface area contributed by atoms with Gasteiger partial charge in [-0.1, -0.05) is 87.2 Å². The Morgan fingerprint density at radius 2 is 1.50 bits per heavy atom. The summed E-state index contributed by atoms with van der Waals surface area (Å²) in [4.78, 5) is 0. The summed E-state index contributed by atoms with van der Waals surface area (Å²) in [5, 5.41) is 0. The van der Waals surface area contributed by atoms with Gasteiger partial charge in [-0.25, -0.2) is 17.6 Å². The van der Waals surface area contributed by atoms with Crippen molar-refractivity contribution in [2.45, 2.75) is 71.0 Å². The molecule has 1 heterocycles. The highest BCUT2D eigenvalue weighted by atomic mass is 19.2. The molecule has 214 valence electrons. The molecular formula is C34H38F4O2. The summed E-state index contributed by atoms with van der Waals surface area (Å²) in [5.41, 5.74) is 1.43. The minimum absolute atomic E-state index is 0.0395. The number of rotatable bonds is 13. The van der Waals surface area contributed by atoms with Crippen LogP contribution in [0.1, 0.15) is 75.5 Å². The second-order valence-electron chi connectivity index (χ2n) is 10.6. The Kier molecular flexibility index (Phi) is 11.0. The molecule has 0 amide bonds. The Balaban J connectivity index is 1.43. The number of unbranched alkanes of at least 4 members (excludes halogenated alkanes) is 3. The molecule has 0 radical (unpaired) electrons. The van der Waals surface area contributed by atoms with Gasteiger partial charge in [-0.05, 0) is 42.7 Å². The van der Waals surface area contributed by atoms with Gasteiger partial charge in [-0.15, -0.1) is 6.58 Å². The van der Waals surface area contributed by atoms with Gasteiger partial charge in [0, 0.05) is 22.3 Å². The van der Waals surface area contributed by atoms with E-state index in [4.69, 9.17) is 9.47 Å². The van der Waals surface area contributed by atoms with Crippen LogP contribution in [-0.2, 0) is 16.1 Å². The summed E-state index contributed by atoms with van der Waals surface area (Å²) in [5.74, 6) is -3.30. The Bertz CT molecular complexity index is 1260. The van der Waals surface area contributed by atoms with Gasteiger partial charge in [0.1, 0.15) is 0 Å². The van der Waals surface area contributed by atoms with Crippen LogP contribution in [0.4, 0.5) is 17.6 Å². The Morgan fingerprint density at radius 3 is 2.12 bits per heavy atom. The number of benzene rings is 3. The van der Waals surface area contributed by atoms with Crippen molar-refractivity contribution in [3.8, 4) is 22.3 Å². The first kappa shape index (κ1) is 30.0. The largest absolute Gasteiger partial charge is 0.376 e. The third-order valence-electron chi connectivity index (χ3n) is 7.69. The van der Waals surface area contributed by atoms with Crippen LogP contribution in [0.2, 0.25) is 0 Å². The third-order valence-corrected chi connectivity index (χ3v) is 7.69. The molecule has 3 aromatic carbocycles. The number of ether oxygens (including phenoxy) is 2. The molecule has 0 aromatic heterocycles. The van der Waals surface area contributed by atoms with E-state index >= 15 is 8.78 Å². The molecule has 0 spiro atoms. The van der Waals surface area contributed by atoms with E-state index in [9.17, 15) is 8.78 Å². The van der Waals surface area contributed by atoms with Crippen LogP contribution in [-0.4, -0.2) is 13.2 Å². The van der Waals surface area contributed by atoms with Gasteiger partial charge in [-0.3, -0.25) is 0 Å². The molecule has 6 heteroatoms. The van der Waals surface area contributed by atoms with E-state index in [0.717, 1.165) is 12.8 Å². The zero-order valence-electron chi connectivity index (χ0n) is 23.2. The van der Waals surface area contributed by atoms with E-state index < -0.39 is 29.4 Å². The third kappa shape index (κ3) is 7.21. The van der Waals surface area contributed by atoms with Crippen molar-refractivity contribution in [3.05, 3.63) is 95.6 Å². The second kappa shape index (κ2) is 14.6. The fraction of sp³-hybridized carbons (Fsp3) is 0.412. The van der Waals surface area contributed by atoms with Gasteiger partial charge in [-0.2, -0.15) is 0 Å². The summed E-state index contributed by atoms with van der Waals surface area (Å²) in [7, 11) is 0. The first-order valence-corrected chi connectivity index (χ1v) is 14.3. The molecule has 1 fully saturated rings. The highest BCUT2D eigenvalue weighted by Crippen LogP contribution is 2.37. The Hall–Kier alpha value is -2.96. The van der Waals surface area contributed by atoms with Crippen molar-refractivity contribution in [2.24, 2.45) is 5.92 Å². The molecule has 4 rings (SSSR count). The van der Waals surface area contributed by atoms with Gasteiger partial charge < -0.3 is 9.47 Å². The van der Waals surface area contributed by atoms with Crippen LogP contribution in [0.25, 0.3) is 22.3 Å². The summed E-state index contributed by atoms with van der Waals surface area (Å²) in [6, 6.07) is 12.4. The van der Waals surface area contributed by atoms with Crippen molar-refractivity contribution >= 4 is 0 Å². The number of hydrogen-bond donors (Lipinski definition) is 0. The first-order valence-electron chi connectivity index (χ1n) is 14.3. The smallest absolute Gasteiger partial charge is 0.167 e. The molecule has 0 N–H and O–H groups in total. The van der Waals surface area contributed by atoms with Crippen molar-refractivity contribution in [3.63, 3.8) is 0 Å². The van der Waals surface area contributed by atoms with Crippen LogP contribution >= 0.6 is 0 Å². The predicted octanol–water partition coefficient (Wildman–Crippen LogP) is 10.1. The SMILES string of the molecule is C=CCCOCc1ccc(-c2ccc(-c3ccc(C4CCC(CCCCCC)CO4)c(F)c3F)cc2)c(F)c1F. The van der Waals surface area contributed by atoms with Crippen molar-refractivity contribution < 1.29 is 27.0 Å². The van der Waals surface area contributed by atoms with Crippen molar-refractivity contribution in [1.82, 2.24) is 0 Å². The van der Waals surface area contributed by atoms with Crippen LogP contribution in [0.3, 0.4) is 0 Å². The van der Waals surface area contributed by atoms with Gasteiger partial charge in [0.2, 0.25) is 0 Å². The lowest BCUT2D eigenvalue weighted by Gasteiger charge is -2.29. The lowest BCUT2D eigenvalue weighted by atomic mass is 9.90. The molecule has 2 atom stereocenters. The maximum atomic E-state index is 15.2. The maximum absolute atomic E-state index is 15.2. The van der Waals surface area contributed by atoms with Crippen LogP contribution < -0.4 is 0 Å². The van der Waals surface area contributed by atoms with Gasteiger partial charge in [0.25, 0.3) is 0 Å². The molecule has 2 unspecified atom stereocenters. The topological polar surface area (TPSA) is 18.5 Å². The van der Waals surface area contributed by atoms with Crippen LogP contribution in [0.5, 0.6) is 0 Å². The van der Waals surface area contributed by atoms with E-state index in [1.54, 1.807) is 42.5 Å². The summed E-state index contributed by atoms with van der Waals surface area (Å²) in [6.45, 7) is 6.69. The van der Waals surface area contributed by atoms with Crippen molar-refractivity contribution in [2.75, 3.05) is 13.2 Å². The van der Waals surface area contributed by atoms with E-state index in [2.05, 4.69) is 13.5 Å². The number of halogens is 4. The lowest BCUT2D eigenvalue weighted by molar-refractivity contribution is -0.0218. The molecule has 40 heavy (non-hydrogen) atoms. The zero-order chi connectivity index (χ0) is 28.5. The molecule has 0 aliphatic carbocycles. The average molecular weight is 555 g/mol. The highest BCUT2D eigenvalue weighted by molar-refractivity contribution is 5.71. The average Bonchev–Trinajstić information content (AvgIpc) is 2.98. The maximum Gasteiger partial charge on any atom is 0.167 e. The molecular weight excluding hydrogens is 516 g/mol. The minimum Gasteiger partial charge on any atom is -0.376 e. The quantitative estimate of drug-likeness (QED) is 0.119. The highest BCUT2D eigenvalue weighted by Gasteiger charge is 2.27. The molecule has 0 bridgehead atoms. The van der Waals surface area contributed by atoms with Gasteiger partial charge >= 0.3 is 0 Å². The van der Waals surface area contributed by atoms with E-state index in [1.165, 1.54) is 37.8 Å². The summed E-state index contributed by atoms with van der Waals surface area (Å²) >= 11 is 0. The molecule has 1 saturated heterocycles. The normalized spacial score (nSPS) is 17.2. The zero-order valence-corrected chi connectivity index (χ0v) is 23.2. The second-order valence-corrected chi connectivity index (χ2v) is 10.6. The van der Waals surface area contributed by atoms with Crippen LogP contribution in [0.15, 0.2) is 61.2 Å². The van der Waals surface area contributed by atoms with E-state index in [1.807, 2.05) is 0 Å². The predicted molar refractivity (Wildman–Crippen MR) is 152 cm³/mol. The first-order chi connectivity index (χ1) is 19.4. The minimum atomic E-state index is -0.977. The lowest BCUT2D eigenvalue weighted by Crippen LogP contribution is -2.21. The molecule has 1 aliphatic rings.